The molecule has 1 atom stereocenters. The Bertz CT molecular complexity index is 223. The molecule has 0 aliphatic heterocycles. The largest absolute Gasteiger partial charge is 0.369 e. The van der Waals surface area contributed by atoms with Crippen molar-refractivity contribution in [2.75, 3.05) is 0 Å². The van der Waals surface area contributed by atoms with E-state index in [4.69, 9.17) is 5.73 Å². The van der Waals surface area contributed by atoms with Gasteiger partial charge < -0.3 is 5.73 Å². The van der Waals surface area contributed by atoms with E-state index in [-0.39, 0.29) is 11.8 Å². The lowest BCUT2D eigenvalue weighted by Gasteiger charge is -2.08. The third kappa shape index (κ3) is 10.4. The number of nitrogens with two attached hydrogens (primary N) is 1. The van der Waals surface area contributed by atoms with Crippen LogP contribution in [0.2, 0.25) is 0 Å². The number of rotatable bonds is 12. The van der Waals surface area contributed by atoms with Crippen LogP contribution in [0, 0.1) is 5.92 Å². The lowest BCUT2D eigenvalue weighted by molar-refractivity contribution is -0.120. The van der Waals surface area contributed by atoms with Crippen molar-refractivity contribution in [1.29, 1.82) is 0 Å². The maximum Gasteiger partial charge on any atom is 0.224 e. The summed E-state index contributed by atoms with van der Waals surface area (Å²) in [5.74, 6) is -0.222. The molecule has 0 saturated heterocycles. The van der Waals surface area contributed by atoms with Crippen LogP contribution in [-0.4, -0.2) is 5.91 Å². The van der Waals surface area contributed by atoms with Crippen LogP contribution in [0.4, 0.5) is 0 Å². The van der Waals surface area contributed by atoms with Gasteiger partial charge in [-0.3, -0.25) is 4.79 Å². The molecule has 1 unspecified atom stereocenters. The maximum absolute atomic E-state index is 11.3. The highest BCUT2D eigenvalue weighted by molar-refractivity contribution is 5.78. The van der Waals surface area contributed by atoms with Crippen molar-refractivity contribution in [3.8, 4) is 0 Å². The fraction of sp³-hybridized carbons (Fsp3) is 0.812. The van der Waals surface area contributed by atoms with Crippen LogP contribution in [-0.2, 0) is 4.79 Å². The van der Waals surface area contributed by atoms with Gasteiger partial charge in [0.1, 0.15) is 0 Å². The first-order chi connectivity index (χ1) is 8.72. The van der Waals surface area contributed by atoms with Gasteiger partial charge in [-0.05, 0) is 12.8 Å². The molecule has 0 radical (unpaired) electrons. The van der Waals surface area contributed by atoms with Crippen molar-refractivity contribution in [2.45, 2.75) is 78.1 Å². The van der Waals surface area contributed by atoms with Crippen molar-refractivity contribution < 1.29 is 4.79 Å². The summed E-state index contributed by atoms with van der Waals surface area (Å²) in [4.78, 5) is 11.3. The second kappa shape index (κ2) is 12.7. The van der Waals surface area contributed by atoms with E-state index in [2.05, 4.69) is 19.9 Å². The molecule has 106 valence electrons. The highest BCUT2D eigenvalue weighted by Gasteiger charge is 2.10. The summed E-state index contributed by atoms with van der Waals surface area (Å²) in [5.41, 5.74) is 5.41. The number of primary amides is 1. The molecule has 0 aliphatic carbocycles. The zero-order chi connectivity index (χ0) is 13.6. The molecule has 0 aromatic heterocycles. The predicted octanol–water partition coefficient (Wildman–Crippen LogP) is 4.58. The molecule has 0 heterocycles. The van der Waals surface area contributed by atoms with E-state index in [1.165, 1.54) is 38.5 Å². The highest BCUT2D eigenvalue weighted by Crippen LogP contribution is 2.14. The molecule has 18 heavy (non-hydrogen) atoms. The van der Waals surface area contributed by atoms with Gasteiger partial charge in [-0.1, -0.05) is 77.4 Å². The fourth-order valence-electron chi connectivity index (χ4n) is 2.08. The summed E-state index contributed by atoms with van der Waals surface area (Å²) in [6, 6.07) is 0. The van der Waals surface area contributed by atoms with Gasteiger partial charge in [0.05, 0.1) is 5.92 Å². The van der Waals surface area contributed by atoms with Gasteiger partial charge in [-0.25, -0.2) is 0 Å². The lowest BCUT2D eigenvalue weighted by atomic mass is 9.98. The lowest BCUT2D eigenvalue weighted by Crippen LogP contribution is -2.21. The summed E-state index contributed by atoms with van der Waals surface area (Å²) in [6.45, 7) is 4.38. The molecule has 0 aromatic rings. The average Bonchev–Trinajstić information content (AvgIpc) is 2.35. The second-order valence-electron chi connectivity index (χ2n) is 5.14. The van der Waals surface area contributed by atoms with Gasteiger partial charge in [-0.15, -0.1) is 0 Å². The molecule has 2 nitrogen and oxygen atoms in total. The SMILES string of the molecule is CCCC=CC(CCCCCCCCC)C(N)=O. The van der Waals surface area contributed by atoms with Gasteiger partial charge in [0, 0.05) is 0 Å². The van der Waals surface area contributed by atoms with Crippen molar-refractivity contribution in [3.05, 3.63) is 12.2 Å². The number of carbonyl (C=O) groups excluding carboxylic acids is 1. The molecule has 0 aliphatic rings. The van der Waals surface area contributed by atoms with E-state index in [9.17, 15) is 4.79 Å². The molecule has 0 fully saturated rings. The third-order valence-corrected chi connectivity index (χ3v) is 3.31. The minimum atomic E-state index is -0.173. The summed E-state index contributed by atoms with van der Waals surface area (Å²) < 4.78 is 0. The molecule has 0 rings (SSSR count). The van der Waals surface area contributed by atoms with E-state index in [1.54, 1.807) is 0 Å². The van der Waals surface area contributed by atoms with Crippen LogP contribution in [0.1, 0.15) is 78.1 Å². The molecule has 0 aromatic carbocycles. The van der Waals surface area contributed by atoms with Gasteiger partial charge >= 0.3 is 0 Å². The number of allylic oxidation sites excluding steroid dienone is 1. The van der Waals surface area contributed by atoms with E-state index in [0.717, 1.165) is 25.7 Å². The minimum absolute atomic E-state index is 0.0489. The minimum Gasteiger partial charge on any atom is -0.369 e. The topological polar surface area (TPSA) is 43.1 Å². The van der Waals surface area contributed by atoms with E-state index in [1.807, 2.05) is 6.08 Å². The van der Waals surface area contributed by atoms with E-state index in [0.29, 0.717) is 0 Å². The molecule has 2 heteroatoms. The summed E-state index contributed by atoms with van der Waals surface area (Å²) in [7, 11) is 0. The summed E-state index contributed by atoms with van der Waals surface area (Å²) in [6.07, 6.45) is 16.2. The molecule has 0 saturated carbocycles. The highest BCUT2D eigenvalue weighted by atomic mass is 16.1. The van der Waals surface area contributed by atoms with E-state index < -0.39 is 0 Å². The second-order valence-corrected chi connectivity index (χ2v) is 5.14. The molecule has 0 spiro atoms. The first-order valence-electron chi connectivity index (χ1n) is 7.68. The number of unbranched alkanes of at least 4 members (excludes halogenated alkanes) is 7. The Morgan fingerprint density at radius 3 is 2.17 bits per heavy atom. The van der Waals surface area contributed by atoms with Gasteiger partial charge in [0.15, 0.2) is 0 Å². The van der Waals surface area contributed by atoms with Gasteiger partial charge in [0.25, 0.3) is 0 Å². The van der Waals surface area contributed by atoms with Crippen molar-refractivity contribution in [1.82, 2.24) is 0 Å². The number of carbonyl (C=O) groups is 1. The van der Waals surface area contributed by atoms with Gasteiger partial charge in [0.2, 0.25) is 5.91 Å². The Balaban J connectivity index is 3.61. The van der Waals surface area contributed by atoms with Crippen LogP contribution in [0.25, 0.3) is 0 Å². The van der Waals surface area contributed by atoms with Crippen molar-refractivity contribution >= 4 is 5.91 Å². The first-order valence-corrected chi connectivity index (χ1v) is 7.68. The molecular weight excluding hydrogens is 222 g/mol. The molecule has 0 bridgehead atoms. The monoisotopic (exact) mass is 253 g/mol. The van der Waals surface area contributed by atoms with Gasteiger partial charge in [-0.2, -0.15) is 0 Å². The summed E-state index contributed by atoms with van der Waals surface area (Å²) in [5, 5.41) is 0. The van der Waals surface area contributed by atoms with Crippen LogP contribution in [0.5, 0.6) is 0 Å². The summed E-state index contributed by atoms with van der Waals surface area (Å²) >= 11 is 0. The van der Waals surface area contributed by atoms with E-state index >= 15 is 0 Å². The number of hydrogen-bond acceptors (Lipinski definition) is 1. The van der Waals surface area contributed by atoms with Crippen LogP contribution in [0.15, 0.2) is 12.2 Å². The Morgan fingerprint density at radius 1 is 1.00 bits per heavy atom. The normalized spacial score (nSPS) is 13.0. The van der Waals surface area contributed by atoms with Crippen LogP contribution >= 0.6 is 0 Å². The Morgan fingerprint density at radius 2 is 1.61 bits per heavy atom. The third-order valence-electron chi connectivity index (χ3n) is 3.31. The predicted molar refractivity (Wildman–Crippen MR) is 79.3 cm³/mol. The molecular formula is C16H31NO. The zero-order valence-corrected chi connectivity index (χ0v) is 12.3. The zero-order valence-electron chi connectivity index (χ0n) is 12.3. The van der Waals surface area contributed by atoms with Crippen molar-refractivity contribution in [3.63, 3.8) is 0 Å². The maximum atomic E-state index is 11.3. The quantitative estimate of drug-likeness (QED) is 0.401. The Kier molecular flexibility index (Phi) is 12.1. The molecule has 1 amide bonds. The van der Waals surface area contributed by atoms with Crippen LogP contribution < -0.4 is 5.73 Å². The Hall–Kier alpha value is -0.790. The number of amides is 1. The average molecular weight is 253 g/mol. The first kappa shape index (κ1) is 17.2. The fourth-order valence-corrected chi connectivity index (χ4v) is 2.08. The smallest absolute Gasteiger partial charge is 0.224 e. The molecule has 2 N–H and O–H groups in total. The standard InChI is InChI=1S/C16H31NO/c1-3-5-7-8-9-10-12-14-15(16(17)18)13-11-6-4-2/h11,13,15H,3-10,12,14H2,1-2H3,(H2,17,18). The van der Waals surface area contributed by atoms with Crippen molar-refractivity contribution in [2.24, 2.45) is 11.7 Å². The van der Waals surface area contributed by atoms with Crippen LogP contribution in [0.3, 0.4) is 0 Å². The number of hydrogen-bond donors (Lipinski definition) is 1. The Labute approximate surface area is 113 Å².